The molecule has 1 aliphatic carbocycles. The van der Waals surface area contributed by atoms with Crippen LogP contribution in [-0.2, 0) is 10.0 Å². The Kier molecular flexibility index (Phi) is 7.05. The van der Waals surface area contributed by atoms with Crippen molar-refractivity contribution < 1.29 is 17.9 Å². The maximum Gasteiger partial charge on any atom is 0.251 e. The lowest BCUT2D eigenvalue weighted by atomic mass is 10.0. The van der Waals surface area contributed by atoms with Gasteiger partial charge in [-0.2, -0.15) is 0 Å². The number of nitrogens with zero attached hydrogens (tertiary/aromatic N) is 1. The molecule has 1 saturated carbocycles. The van der Waals surface area contributed by atoms with Crippen LogP contribution in [0, 0.1) is 0 Å². The van der Waals surface area contributed by atoms with Gasteiger partial charge in [0.15, 0.2) is 0 Å². The van der Waals surface area contributed by atoms with Gasteiger partial charge in [-0.1, -0.05) is 23.7 Å². The quantitative estimate of drug-likeness (QED) is 0.578. The summed E-state index contributed by atoms with van der Waals surface area (Å²) < 4.78 is 33.1. The first-order valence-electron chi connectivity index (χ1n) is 10.9. The molecule has 0 aromatic heterocycles. The zero-order valence-corrected chi connectivity index (χ0v) is 19.6. The first-order chi connectivity index (χ1) is 15.4. The fraction of sp³-hybridized carbons (Fsp3) is 0.435. The molecule has 0 radical (unpaired) electrons. The van der Waals surface area contributed by atoms with Crippen LogP contribution in [0.25, 0.3) is 0 Å². The summed E-state index contributed by atoms with van der Waals surface area (Å²) in [5.41, 5.74) is 1.36. The number of hydrogen-bond acceptors (Lipinski definition) is 5. The lowest BCUT2D eigenvalue weighted by molar-refractivity contribution is 0.0937. The Labute approximate surface area is 194 Å². The second kappa shape index (κ2) is 9.79. The molecule has 1 saturated heterocycles. The summed E-state index contributed by atoms with van der Waals surface area (Å²) in [6.45, 7) is 2.36. The Morgan fingerprint density at radius 3 is 2.47 bits per heavy atom. The van der Waals surface area contributed by atoms with E-state index in [1.807, 2.05) is 24.3 Å². The van der Waals surface area contributed by atoms with Crippen molar-refractivity contribution in [2.45, 2.75) is 42.7 Å². The summed E-state index contributed by atoms with van der Waals surface area (Å²) in [7, 11) is -2.13. The zero-order valence-electron chi connectivity index (χ0n) is 18.0. The van der Waals surface area contributed by atoms with Crippen molar-refractivity contribution in [2.75, 3.05) is 26.7 Å². The third kappa shape index (κ3) is 5.43. The van der Waals surface area contributed by atoms with E-state index in [2.05, 4.69) is 14.9 Å². The summed E-state index contributed by atoms with van der Waals surface area (Å²) in [5, 5.41) is 3.08. The fourth-order valence-electron chi connectivity index (χ4n) is 3.96. The molecular weight excluding hydrogens is 450 g/mol. The van der Waals surface area contributed by atoms with E-state index in [9.17, 15) is 13.2 Å². The molecule has 2 N–H and O–H groups in total. The second-order valence-corrected chi connectivity index (χ2v) is 10.4. The average Bonchev–Trinajstić information content (AvgIpc) is 3.42. The molecule has 0 bridgehead atoms. The lowest BCUT2D eigenvalue weighted by Gasteiger charge is -2.28. The normalized spacial score (nSPS) is 17.8. The lowest BCUT2D eigenvalue weighted by Crippen LogP contribution is -2.37. The van der Waals surface area contributed by atoms with Crippen LogP contribution in [0.4, 0.5) is 0 Å². The van der Waals surface area contributed by atoms with Crippen LogP contribution >= 0.6 is 11.6 Å². The van der Waals surface area contributed by atoms with Crippen molar-refractivity contribution in [3.8, 4) is 5.75 Å². The van der Waals surface area contributed by atoms with Crippen molar-refractivity contribution in [3.63, 3.8) is 0 Å². The molecular formula is C23H28ClN3O4S. The van der Waals surface area contributed by atoms with Crippen molar-refractivity contribution in [3.05, 3.63) is 58.6 Å². The first-order valence-corrected chi connectivity index (χ1v) is 12.7. The molecule has 9 heteroatoms. The molecule has 2 aromatic rings. The Bertz CT molecular complexity index is 1070. The third-order valence-electron chi connectivity index (χ3n) is 5.92. The van der Waals surface area contributed by atoms with Crippen LogP contribution in [0.3, 0.4) is 0 Å². The largest absolute Gasteiger partial charge is 0.497 e. The van der Waals surface area contributed by atoms with Crippen molar-refractivity contribution in [1.29, 1.82) is 0 Å². The summed E-state index contributed by atoms with van der Waals surface area (Å²) in [5.74, 6) is 0.454. The minimum Gasteiger partial charge on any atom is -0.497 e. The van der Waals surface area contributed by atoms with E-state index in [0.717, 1.165) is 50.1 Å². The van der Waals surface area contributed by atoms with Crippen molar-refractivity contribution in [2.24, 2.45) is 0 Å². The number of amides is 1. The molecule has 0 spiro atoms. The monoisotopic (exact) mass is 477 g/mol. The Morgan fingerprint density at radius 1 is 1.16 bits per heavy atom. The van der Waals surface area contributed by atoms with Crippen LogP contribution in [0.5, 0.6) is 5.75 Å². The van der Waals surface area contributed by atoms with Gasteiger partial charge in [-0.25, -0.2) is 13.1 Å². The van der Waals surface area contributed by atoms with Crippen molar-refractivity contribution in [1.82, 2.24) is 14.9 Å². The molecule has 1 aliphatic heterocycles. The number of methoxy groups -OCH3 is 1. The minimum atomic E-state index is -3.76. The molecule has 1 heterocycles. The molecule has 1 unspecified atom stereocenters. The highest BCUT2D eigenvalue weighted by molar-refractivity contribution is 7.89. The van der Waals surface area contributed by atoms with Crippen LogP contribution < -0.4 is 14.8 Å². The number of nitrogens with one attached hydrogen (secondary N) is 2. The van der Waals surface area contributed by atoms with Gasteiger partial charge in [-0.05, 0) is 74.7 Å². The minimum absolute atomic E-state index is 0.0272. The summed E-state index contributed by atoms with van der Waals surface area (Å²) in [4.78, 5) is 15.2. The SMILES string of the molecule is COc1ccc(C(CNC(=O)c2ccc(Cl)c(S(=O)(=O)NC3CC3)c2)N2CCCC2)cc1. The van der Waals surface area contributed by atoms with Gasteiger partial charge in [0, 0.05) is 18.2 Å². The number of benzene rings is 2. The van der Waals surface area contributed by atoms with Crippen LogP contribution in [0.1, 0.15) is 47.6 Å². The van der Waals surface area contributed by atoms with Gasteiger partial charge in [-0.3, -0.25) is 9.69 Å². The number of hydrogen-bond donors (Lipinski definition) is 2. The van der Waals surface area contributed by atoms with E-state index in [1.54, 1.807) is 13.2 Å². The van der Waals surface area contributed by atoms with Gasteiger partial charge in [0.25, 0.3) is 5.91 Å². The maximum atomic E-state index is 12.9. The van der Waals surface area contributed by atoms with Crippen LogP contribution in [0.2, 0.25) is 5.02 Å². The average molecular weight is 478 g/mol. The second-order valence-electron chi connectivity index (χ2n) is 8.28. The summed E-state index contributed by atoms with van der Waals surface area (Å²) >= 11 is 6.14. The first kappa shape index (κ1) is 23.0. The Balaban J connectivity index is 1.49. The zero-order chi connectivity index (χ0) is 22.7. The molecule has 2 aliphatic rings. The molecule has 1 amide bonds. The number of rotatable bonds is 9. The molecule has 4 rings (SSSR count). The highest BCUT2D eigenvalue weighted by atomic mass is 35.5. The van der Waals surface area contributed by atoms with E-state index >= 15 is 0 Å². The topological polar surface area (TPSA) is 87.7 Å². The van der Waals surface area contributed by atoms with Gasteiger partial charge >= 0.3 is 0 Å². The molecule has 1 atom stereocenters. The van der Waals surface area contributed by atoms with Gasteiger partial charge in [0.05, 0.1) is 18.2 Å². The van der Waals surface area contributed by atoms with Gasteiger partial charge in [0.2, 0.25) is 10.0 Å². The van der Waals surface area contributed by atoms with E-state index in [1.165, 1.54) is 12.1 Å². The van der Waals surface area contributed by atoms with Crippen molar-refractivity contribution >= 4 is 27.5 Å². The molecule has 2 aromatic carbocycles. The molecule has 7 nitrogen and oxygen atoms in total. The van der Waals surface area contributed by atoms with E-state index < -0.39 is 10.0 Å². The number of ether oxygens (including phenoxy) is 1. The predicted molar refractivity (Wildman–Crippen MR) is 124 cm³/mol. The number of carbonyl (C=O) groups excluding carboxylic acids is 1. The smallest absolute Gasteiger partial charge is 0.251 e. The number of sulfonamides is 1. The van der Waals surface area contributed by atoms with Gasteiger partial charge in [-0.15, -0.1) is 0 Å². The third-order valence-corrected chi connectivity index (χ3v) is 7.92. The van der Waals surface area contributed by atoms with Crippen LogP contribution in [-0.4, -0.2) is 52.0 Å². The highest BCUT2D eigenvalue weighted by Crippen LogP contribution is 2.28. The predicted octanol–water partition coefficient (Wildman–Crippen LogP) is 3.36. The fourth-order valence-corrected chi connectivity index (χ4v) is 5.79. The van der Waals surface area contributed by atoms with Gasteiger partial charge in [0.1, 0.15) is 10.6 Å². The molecule has 172 valence electrons. The van der Waals surface area contributed by atoms with Gasteiger partial charge < -0.3 is 10.1 Å². The number of carbonyl (C=O) groups is 1. The summed E-state index contributed by atoms with van der Waals surface area (Å²) in [6, 6.07) is 12.2. The maximum absolute atomic E-state index is 12.9. The van der Waals surface area contributed by atoms with E-state index in [4.69, 9.17) is 16.3 Å². The molecule has 2 fully saturated rings. The Morgan fingerprint density at radius 2 is 1.84 bits per heavy atom. The van der Waals surface area contributed by atoms with E-state index in [-0.39, 0.29) is 33.5 Å². The standard InChI is InChI=1S/C23H28ClN3O4S/c1-31-19-9-4-16(5-10-19)21(27-12-2-3-13-27)15-25-23(28)17-6-11-20(24)22(14-17)32(29,30)26-18-7-8-18/h4-6,9-11,14,18,21,26H,2-3,7-8,12-13,15H2,1H3,(H,25,28). The van der Waals surface area contributed by atoms with Crippen LogP contribution in [0.15, 0.2) is 47.4 Å². The van der Waals surface area contributed by atoms with E-state index in [0.29, 0.717) is 6.54 Å². The summed E-state index contributed by atoms with van der Waals surface area (Å²) in [6.07, 6.45) is 3.90. The highest BCUT2D eigenvalue weighted by Gasteiger charge is 2.30. The number of halogens is 1. The number of likely N-dealkylation sites (tertiary alicyclic amines) is 1. The molecule has 32 heavy (non-hydrogen) atoms. The Hall–Kier alpha value is -2.13.